The second-order valence-electron chi connectivity index (χ2n) is 6.32. The first-order valence-electron chi connectivity index (χ1n) is 8.51. The predicted molar refractivity (Wildman–Crippen MR) is 102 cm³/mol. The normalized spacial score (nSPS) is 18.4. The van der Waals surface area contributed by atoms with Gasteiger partial charge < -0.3 is 5.32 Å². The van der Waals surface area contributed by atoms with Gasteiger partial charge in [-0.2, -0.15) is 0 Å². The molecule has 0 bridgehead atoms. The van der Waals surface area contributed by atoms with Crippen LogP contribution in [0.2, 0.25) is 10.0 Å². The molecular formula is C19H17Cl2N4O. The molecule has 1 saturated heterocycles. The summed E-state index contributed by atoms with van der Waals surface area (Å²) in [5, 5.41) is 6.11. The predicted octanol–water partition coefficient (Wildman–Crippen LogP) is 3.37. The average molecular weight is 388 g/mol. The Hall–Kier alpha value is -2.08. The lowest BCUT2D eigenvalue weighted by Crippen LogP contribution is -2.44. The summed E-state index contributed by atoms with van der Waals surface area (Å²) in [6.07, 6.45) is 5.30. The van der Waals surface area contributed by atoms with E-state index < -0.39 is 0 Å². The number of amides is 1. The molecule has 2 aliphatic heterocycles. The molecule has 1 amide bonds. The third-order valence-corrected chi connectivity index (χ3v) is 5.43. The molecule has 2 aliphatic rings. The van der Waals surface area contributed by atoms with Crippen LogP contribution in [-0.4, -0.2) is 35.0 Å². The number of nitrogens with zero attached hydrogens (tertiary/aromatic N) is 3. The molecule has 1 N–H and O–H groups in total. The van der Waals surface area contributed by atoms with E-state index in [0.29, 0.717) is 15.6 Å². The van der Waals surface area contributed by atoms with Gasteiger partial charge in [0, 0.05) is 18.0 Å². The SMILES string of the molecule is O=C1[N]N(C2CCNCC2)C(c2ccncc2)=C1c1ccc(Cl)c(Cl)c1. The van der Waals surface area contributed by atoms with Gasteiger partial charge in [0.2, 0.25) is 0 Å². The molecule has 0 saturated carbocycles. The number of carbonyl (C=O) groups excluding carboxylic acids is 1. The Morgan fingerprint density at radius 2 is 1.73 bits per heavy atom. The standard InChI is InChI=1S/C19H17Cl2N4O/c20-15-2-1-13(11-16(15)21)17-18(12-3-7-22-8-4-12)25(24-19(17)26)14-5-9-23-10-6-14/h1-4,7-8,11,14,23H,5-6,9-10H2. The Balaban J connectivity index is 1.86. The van der Waals surface area contributed by atoms with Crippen molar-refractivity contribution in [3.8, 4) is 0 Å². The lowest BCUT2D eigenvalue weighted by molar-refractivity contribution is -0.118. The number of rotatable bonds is 3. The Kier molecular flexibility index (Phi) is 4.85. The molecule has 7 heteroatoms. The van der Waals surface area contributed by atoms with Gasteiger partial charge >= 0.3 is 0 Å². The highest BCUT2D eigenvalue weighted by Gasteiger charge is 2.37. The van der Waals surface area contributed by atoms with Crippen molar-refractivity contribution in [1.29, 1.82) is 0 Å². The first kappa shape index (κ1) is 17.3. The van der Waals surface area contributed by atoms with E-state index in [2.05, 4.69) is 15.7 Å². The van der Waals surface area contributed by atoms with Crippen LogP contribution in [0, 0.1) is 0 Å². The summed E-state index contributed by atoms with van der Waals surface area (Å²) < 4.78 is 0. The summed E-state index contributed by atoms with van der Waals surface area (Å²) in [7, 11) is 0. The van der Waals surface area contributed by atoms with Crippen molar-refractivity contribution in [2.75, 3.05) is 13.1 Å². The minimum absolute atomic E-state index is 0.184. The minimum Gasteiger partial charge on any atom is -0.317 e. The van der Waals surface area contributed by atoms with Gasteiger partial charge in [0.25, 0.3) is 5.91 Å². The Bertz CT molecular complexity index is 863. The van der Waals surface area contributed by atoms with Gasteiger partial charge in [0.05, 0.1) is 27.4 Å². The van der Waals surface area contributed by atoms with E-state index in [-0.39, 0.29) is 11.9 Å². The number of pyridine rings is 1. The van der Waals surface area contributed by atoms with Crippen LogP contribution in [0.1, 0.15) is 24.0 Å². The molecular weight excluding hydrogens is 371 g/mol. The molecule has 3 heterocycles. The van der Waals surface area contributed by atoms with Gasteiger partial charge in [-0.05, 0) is 55.8 Å². The molecule has 1 radical (unpaired) electrons. The van der Waals surface area contributed by atoms with E-state index in [4.69, 9.17) is 23.2 Å². The van der Waals surface area contributed by atoms with Crippen molar-refractivity contribution in [2.24, 2.45) is 0 Å². The van der Waals surface area contributed by atoms with Crippen LogP contribution in [0.5, 0.6) is 0 Å². The Morgan fingerprint density at radius 1 is 1.00 bits per heavy atom. The molecule has 1 aromatic heterocycles. The summed E-state index contributed by atoms with van der Waals surface area (Å²) in [5.74, 6) is -0.256. The molecule has 2 aromatic rings. The van der Waals surface area contributed by atoms with E-state index in [1.54, 1.807) is 24.5 Å². The number of hydrogen-bond acceptors (Lipinski definition) is 4. The van der Waals surface area contributed by atoms with Crippen LogP contribution in [0.25, 0.3) is 11.3 Å². The van der Waals surface area contributed by atoms with Crippen LogP contribution in [0.15, 0.2) is 42.7 Å². The van der Waals surface area contributed by atoms with Crippen molar-refractivity contribution in [1.82, 2.24) is 20.7 Å². The molecule has 133 valence electrons. The molecule has 0 atom stereocenters. The second-order valence-corrected chi connectivity index (χ2v) is 7.13. The molecule has 4 rings (SSSR count). The van der Waals surface area contributed by atoms with Crippen LogP contribution in [0.3, 0.4) is 0 Å². The van der Waals surface area contributed by atoms with Crippen molar-refractivity contribution in [3.05, 3.63) is 63.9 Å². The maximum absolute atomic E-state index is 12.8. The monoisotopic (exact) mass is 387 g/mol. The Labute approximate surface area is 162 Å². The highest BCUT2D eigenvalue weighted by atomic mass is 35.5. The van der Waals surface area contributed by atoms with Crippen molar-refractivity contribution in [2.45, 2.75) is 18.9 Å². The number of nitrogens with one attached hydrogen (secondary N) is 1. The van der Waals surface area contributed by atoms with E-state index >= 15 is 0 Å². The third-order valence-electron chi connectivity index (χ3n) is 4.69. The van der Waals surface area contributed by atoms with Crippen LogP contribution in [0.4, 0.5) is 0 Å². The number of carbonyl (C=O) groups is 1. The fraction of sp³-hybridized carbons (Fsp3) is 0.263. The van der Waals surface area contributed by atoms with Crippen molar-refractivity contribution < 1.29 is 4.79 Å². The van der Waals surface area contributed by atoms with Gasteiger partial charge in [-0.1, -0.05) is 29.3 Å². The van der Waals surface area contributed by atoms with E-state index in [0.717, 1.165) is 42.8 Å². The minimum atomic E-state index is -0.256. The summed E-state index contributed by atoms with van der Waals surface area (Å²) in [4.78, 5) is 16.9. The molecule has 1 aromatic carbocycles. The van der Waals surface area contributed by atoms with Crippen LogP contribution in [-0.2, 0) is 4.79 Å². The first-order chi connectivity index (χ1) is 12.6. The maximum atomic E-state index is 12.8. The number of aromatic nitrogens is 1. The summed E-state index contributed by atoms with van der Waals surface area (Å²) in [6, 6.07) is 9.22. The molecule has 1 fully saturated rings. The van der Waals surface area contributed by atoms with E-state index in [1.165, 1.54) is 0 Å². The Morgan fingerprint density at radius 3 is 2.42 bits per heavy atom. The van der Waals surface area contributed by atoms with Gasteiger partial charge in [0.15, 0.2) is 0 Å². The van der Waals surface area contributed by atoms with E-state index in [1.807, 2.05) is 23.2 Å². The van der Waals surface area contributed by atoms with Gasteiger partial charge in [-0.25, -0.2) is 0 Å². The summed E-state index contributed by atoms with van der Waals surface area (Å²) in [5.41, 5.74) is 7.36. The topological polar surface area (TPSA) is 59.3 Å². The highest BCUT2D eigenvalue weighted by Crippen LogP contribution is 2.38. The van der Waals surface area contributed by atoms with E-state index in [9.17, 15) is 4.79 Å². The molecule has 0 spiro atoms. The number of benzene rings is 1. The average Bonchev–Trinajstić information content (AvgIpc) is 3.03. The molecule has 0 unspecified atom stereocenters. The zero-order valence-electron chi connectivity index (χ0n) is 14.0. The lowest BCUT2D eigenvalue weighted by Gasteiger charge is -2.32. The highest BCUT2D eigenvalue weighted by molar-refractivity contribution is 6.42. The molecule has 26 heavy (non-hydrogen) atoms. The number of piperidine rings is 1. The lowest BCUT2D eigenvalue weighted by atomic mass is 9.98. The number of halogens is 2. The summed E-state index contributed by atoms with van der Waals surface area (Å²) >= 11 is 12.2. The molecule has 5 nitrogen and oxygen atoms in total. The fourth-order valence-corrected chi connectivity index (χ4v) is 3.73. The second kappa shape index (κ2) is 7.27. The number of hydrogen-bond donors (Lipinski definition) is 1. The van der Waals surface area contributed by atoms with Crippen molar-refractivity contribution >= 4 is 40.4 Å². The van der Waals surface area contributed by atoms with Gasteiger partial charge in [0.1, 0.15) is 0 Å². The fourth-order valence-electron chi connectivity index (χ4n) is 3.43. The smallest absolute Gasteiger partial charge is 0.296 e. The van der Waals surface area contributed by atoms with Crippen molar-refractivity contribution in [3.63, 3.8) is 0 Å². The quantitative estimate of drug-likeness (QED) is 0.876. The third kappa shape index (κ3) is 3.18. The van der Waals surface area contributed by atoms with Crippen LogP contribution < -0.4 is 10.7 Å². The maximum Gasteiger partial charge on any atom is 0.296 e. The molecule has 0 aliphatic carbocycles. The largest absolute Gasteiger partial charge is 0.317 e. The summed E-state index contributed by atoms with van der Waals surface area (Å²) in [6.45, 7) is 1.83. The van der Waals surface area contributed by atoms with Gasteiger partial charge in [-0.3, -0.25) is 14.8 Å². The zero-order chi connectivity index (χ0) is 18.1. The van der Waals surface area contributed by atoms with Crippen LogP contribution >= 0.6 is 23.2 Å². The zero-order valence-corrected chi connectivity index (χ0v) is 15.5. The first-order valence-corrected chi connectivity index (χ1v) is 9.27. The van der Waals surface area contributed by atoms with Gasteiger partial charge in [-0.15, -0.1) is 5.43 Å².